The summed E-state index contributed by atoms with van der Waals surface area (Å²) in [6, 6.07) is 19.4. The van der Waals surface area contributed by atoms with Crippen LogP contribution in [0, 0.1) is 5.92 Å². The molecule has 0 spiro atoms. The Morgan fingerprint density at radius 2 is 1.44 bits per heavy atom. The van der Waals surface area contributed by atoms with Crippen LogP contribution in [-0.2, 0) is 10.3 Å². The fraction of sp³-hybridized carbons (Fsp3) is 0.567. The zero-order valence-corrected chi connectivity index (χ0v) is 21.4. The largest absolute Gasteiger partial charge is 0.483 e. The van der Waals surface area contributed by atoms with Crippen LogP contribution in [-0.4, -0.2) is 29.7 Å². The number of hydrogen-bond donors (Lipinski definition) is 0. The molecule has 2 fully saturated rings. The molecule has 1 aliphatic carbocycles. The summed E-state index contributed by atoms with van der Waals surface area (Å²) in [5.41, 5.74) is 1.84. The van der Waals surface area contributed by atoms with Gasteiger partial charge in [0, 0.05) is 19.0 Å². The number of rotatable bonds is 5. The van der Waals surface area contributed by atoms with E-state index in [9.17, 15) is 4.79 Å². The van der Waals surface area contributed by atoms with Gasteiger partial charge in [-0.3, -0.25) is 0 Å². The van der Waals surface area contributed by atoms with Crippen molar-refractivity contribution >= 4 is 6.09 Å². The molecule has 0 bridgehead atoms. The number of para-hydroxylation sites is 1. The van der Waals surface area contributed by atoms with Crippen LogP contribution in [0.15, 0.2) is 54.6 Å². The predicted molar refractivity (Wildman–Crippen MR) is 137 cm³/mol. The van der Waals surface area contributed by atoms with Crippen molar-refractivity contribution in [1.82, 2.24) is 4.90 Å². The van der Waals surface area contributed by atoms with Gasteiger partial charge in [0.1, 0.15) is 17.0 Å². The molecule has 4 rings (SSSR count). The highest BCUT2D eigenvalue weighted by Gasteiger charge is 2.39. The Balaban J connectivity index is 1.46. The second kappa shape index (κ2) is 10.4. The van der Waals surface area contributed by atoms with Gasteiger partial charge in [-0.1, -0.05) is 61.7 Å². The minimum atomic E-state index is -0.448. The van der Waals surface area contributed by atoms with Crippen molar-refractivity contribution in [3.05, 3.63) is 65.7 Å². The molecule has 1 unspecified atom stereocenters. The van der Waals surface area contributed by atoms with Gasteiger partial charge in [-0.25, -0.2) is 4.79 Å². The molecule has 184 valence electrons. The highest BCUT2D eigenvalue weighted by molar-refractivity contribution is 5.68. The summed E-state index contributed by atoms with van der Waals surface area (Å²) < 4.78 is 12.3. The molecule has 0 aromatic heterocycles. The Morgan fingerprint density at radius 1 is 0.824 bits per heavy atom. The number of likely N-dealkylation sites (tertiary alicyclic amines) is 1. The maximum Gasteiger partial charge on any atom is 0.410 e. The summed E-state index contributed by atoms with van der Waals surface area (Å²) in [4.78, 5) is 14.3. The van der Waals surface area contributed by atoms with Crippen LogP contribution in [0.25, 0.3) is 0 Å². The molecule has 1 aliphatic heterocycles. The van der Waals surface area contributed by atoms with Crippen LogP contribution in [0.5, 0.6) is 5.75 Å². The average Bonchev–Trinajstić information content (AvgIpc) is 2.84. The van der Waals surface area contributed by atoms with Gasteiger partial charge in [0.15, 0.2) is 0 Å². The van der Waals surface area contributed by atoms with Crippen LogP contribution in [0.4, 0.5) is 4.79 Å². The smallest absolute Gasteiger partial charge is 0.410 e. The summed E-state index contributed by atoms with van der Waals surface area (Å²) in [7, 11) is 0. The van der Waals surface area contributed by atoms with Gasteiger partial charge in [0.05, 0.1) is 0 Å². The van der Waals surface area contributed by atoms with Crippen molar-refractivity contribution in [3.8, 4) is 5.75 Å². The Labute approximate surface area is 205 Å². The average molecular weight is 464 g/mol. The molecule has 2 aromatic rings. The van der Waals surface area contributed by atoms with Gasteiger partial charge in [-0.05, 0) is 82.6 Å². The lowest BCUT2D eigenvalue weighted by Crippen LogP contribution is -2.41. The van der Waals surface area contributed by atoms with Crippen molar-refractivity contribution in [3.63, 3.8) is 0 Å². The van der Waals surface area contributed by atoms with E-state index in [0.717, 1.165) is 31.7 Å². The number of carbonyl (C=O) groups excluding carboxylic acids is 1. The Bertz CT molecular complexity index is 920. The minimum absolute atomic E-state index is 0.192. The summed E-state index contributed by atoms with van der Waals surface area (Å²) in [5, 5.41) is 0. The molecular weight excluding hydrogens is 422 g/mol. The number of amides is 1. The number of ether oxygens (including phenoxy) is 2. The standard InChI is InChI=1S/C30H41NO3/c1-29(2,3)34-28(32)31-21-19-24(20-22-31)23-15-17-26(18-16-23)30(4,25-11-7-5-8-12-25)33-27-13-9-6-10-14-27/h6,9-10,13-18,24-25H,5,7-8,11-12,19-22H2,1-4H3. The van der Waals surface area contributed by atoms with E-state index in [4.69, 9.17) is 9.47 Å². The van der Waals surface area contributed by atoms with E-state index in [0.29, 0.717) is 11.8 Å². The zero-order valence-electron chi connectivity index (χ0n) is 21.4. The normalized spacial score (nSPS) is 19.9. The first-order chi connectivity index (χ1) is 16.2. The molecule has 1 amide bonds. The minimum Gasteiger partial charge on any atom is -0.483 e. The molecule has 2 aliphatic rings. The number of carbonyl (C=O) groups is 1. The van der Waals surface area contributed by atoms with E-state index < -0.39 is 5.60 Å². The van der Waals surface area contributed by atoms with Crippen LogP contribution >= 0.6 is 0 Å². The molecule has 1 atom stereocenters. The van der Waals surface area contributed by atoms with E-state index in [1.165, 1.54) is 43.2 Å². The first kappa shape index (κ1) is 24.6. The molecule has 34 heavy (non-hydrogen) atoms. The van der Waals surface area contributed by atoms with Crippen molar-refractivity contribution < 1.29 is 14.3 Å². The summed E-state index contributed by atoms with van der Waals surface area (Å²) >= 11 is 0. The van der Waals surface area contributed by atoms with Crippen molar-refractivity contribution in [2.24, 2.45) is 5.92 Å². The van der Waals surface area contributed by atoms with E-state index in [-0.39, 0.29) is 11.7 Å². The van der Waals surface area contributed by atoms with Gasteiger partial charge < -0.3 is 14.4 Å². The molecule has 1 saturated carbocycles. The third-order valence-corrected chi connectivity index (χ3v) is 7.56. The Hall–Kier alpha value is -2.49. The van der Waals surface area contributed by atoms with Gasteiger partial charge >= 0.3 is 6.09 Å². The quantitative estimate of drug-likeness (QED) is 0.456. The lowest BCUT2D eigenvalue weighted by Gasteiger charge is -2.41. The molecule has 4 heteroatoms. The topological polar surface area (TPSA) is 38.8 Å². The molecule has 2 aromatic carbocycles. The monoisotopic (exact) mass is 463 g/mol. The molecule has 1 saturated heterocycles. The van der Waals surface area contributed by atoms with E-state index in [1.54, 1.807) is 0 Å². The molecule has 4 nitrogen and oxygen atoms in total. The number of nitrogens with zero attached hydrogens (tertiary/aromatic N) is 1. The van der Waals surface area contributed by atoms with E-state index >= 15 is 0 Å². The highest BCUT2D eigenvalue weighted by atomic mass is 16.6. The van der Waals surface area contributed by atoms with Gasteiger partial charge in [0.2, 0.25) is 0 Å². The van der Waals surface area contributed by atoms with Crippen LogP contribution < -0.4 is 4.74 Å². The fourth-order valence-electron chi connectivity index (χ4n) is 5.57. The molecular formula is C30H41NO3. The van der Waals surface area contributed by atoms with Crippen LogP contribution in [0.3, 0.4) is 0 Å². The maximum absolute atomic E-state index is 12.4. The lowest BCUT2D eigenvalue weighted by molar-refractivity contribution is 0.00367. The SMILES string of the molecule is CC(C)(C)OC(=O)N1CCC(c2ccc(C(C)(Oc3ccccc3)C3CCCCC3)cc2)CC1. The third-order valence-electron chi connectivity index (χ3n) is 7.56. The van der Waals surface area contributed by atoms with Crippen molar-refractivity contribution in [1.29, 1.82) is 0 Å². The van der Waals surface area contributed by atoms with Crippen molar-refractivity contribution in [2.75, 3.05) is 13.1 Å². The summed E-state index contributed by atoms with van der Waals surface area (Å²) in [5.74, 6) is 1.93. The summed E-state index contributed by atoms with van der Waals surface area (Å²) in [6.07, 6.45) is 8.08. The maximum atomic E-state index is 12.4. The first-order valence-electron chi connectivity index (χ1n) is 13.1. The van der Waals surface area contributed by atoms with Crippen LogP contribution in [0.2, 0.25) is 0 Å². The third kappa shape index (κ3) is 5.95. The van der Waals surface area contributed by atoms with Gasteiger partial charge in [0.25, 0.3) is 0 Å². The zero-order chi connectivity index (χ0) is 24.2. The van der Waals surface area contributed by atoms with Gasteiger partial charge in [-0.15, -0.1) is 0 Å². The molecule has 1 heterocycles. The lowest BCUT2D eigenvalue weighted by atomic mass is 9.74. The predicted octanol–water partition coefficient (Wildman–Crippen LogP) is 7.68. The summed E-state index contributed by atoms with van der Waals surface area (Å²) in [6.45, 7) is 9.53. The molecule has 0 radical (unpaired) electrons. The highest BCUT2D eigenvalue weighted by Crippen LogP contribution is 2.43. The van der Waals surface area contributed by atoms with Crippen LogP contribution in [0.1, 0.15) is 89.7 Å². The number of hydrogen-bond acceptors (Lipinski definition) is 3. The fourth-order valence-corrected chi connectivity index (χ4v) is 5.57. The second-order valence-electron chi connectivity index (χ2n) is 11.2. The number of benzene rings is 2. The Kier molecular flexibility index (Phi) is 7.54. The van der Waals surface area contributed by atoms with E-state index in [1.807, 2.05) is 43.9 Å². The molecule has 0 N–H and O–H groups in total. The first-order valence-corrected chi connectivity index (χ1v) is 13.1. The second-order valence-corrected chi connectivity index (χ2v) is 11.2. The number of piperidine rings is 1. The van der Waals surface area contributed by atoms with Crippen molar-refractivity contribution in [2.45, 2.75) is 89.8 Å². The Morgan fingerprint density at radius 3 is 2.03 bits per heavy atom. The van der Waals surface area contributed by atoms with E-state index in [2.05, 4.69) is 43.3 Å². The van der Waals surface area contributed by atoms with Gasteiger partial charge in [-0.2, -0.15) is 0 Å².